The number of hydrogen-bond donors (Lipinski definition) is 1. The van der Waals surface area contributed by atoms with Gasteiger partial charge in [0.15, 0.2) is 0 Å². The van der Waals surface area contributed by atoms with Crippen LogP contribution in [0.25, 0.3) is 0 Å². The zero-order valence-electron chi connectivity index (χ0n) is 10.4. The monoisotopic (exact) mass is 217 g/mol. The van der Waals surface area contributed by atoms with Crippen molar-refractivity contribution in [3.63, 3.8) is 0 Å². The molecule has 0 saturated heterocycles. The molecule has 0 saturated carbocycles. The summed E-state index contributed by atoms with van der Waals surface area (Å²) in [5.41, 5.74) is 4.76. The number of aryl methyl sites for hydroxylation is 3. The third-order valence-electron chi connectivity index (χ3n) is 3.56. The van der Waals surface area contributed by atoms with Gasteiger partial charge in [-0.1, -0.05) is 24.6 Å². The van der Waals surface area contributed by atoms with Gasteiger partial charge in [0.25, 0.3) is 0 Å². The number of rotatable bonds is 6. The Morgan fingerprint density at radius 1 is 1.06 bits per heavy atom. The Hall–Kier alpha value is -0.820. The van der Waals surface area contributed by atoms with Crippen LogP contribution in [0.5, 0.6) is 0 Å². The standard InChI is InChI=1S/C15H23N/c1-16-11-4-2-3-6-13-9-10-14-7-5-8-15(14)12-13/h9-10,12,16H,2-8,11H2,1H3. The molecule has 88 valence electrons. The van der Waals surface area contributed by atoms with Gasteiger partial charge < -0.3 is 5.32 Å². The minimum absolute atomic E-state index is 1.16. The quantitative estimate of drug-likeness (QED) is 0.722. The van der Waals surface area contributed by atoms with Gasteiger partial charge in [0, 0.05) is 0 Å². The van der Waals surface area contributed by atoms with Crippen LogP contribution in [0.2, 0.25) is 0 Å². The van der Waals surface area contributed by atoms with Crippen molar-refractivity contribution in [3.8, 4) is 0 Å². The summed E-state index contributed by atoms with van der Waals surface area (Å²) in [6.07, 6.45) is 9.22. The lowest BCUT2D eigenvalue weighted by molar-refractivity contribution is 0.642. The number of fused-ring (bicyclic) bond motifs is 1. The lowest BCUT2D eigenvalue weighted by Gasteiger charge is -2.05. The molecule has 0 bridgehead atoms. The van der Waals surface area contributed by atoms with Gasteiger partial charge in [0.2, 0.25) is 0 Å². The molecule has 1 aromatic rings. The Morgan fingerprint density at radius 3 is 2.81 bits per heavy atom. The van der Waals surface area contributed by atoms with Crippen LogP contribution in [0.3, 0.4) is 0 Å². The second-order valence-electron chi connectivity index (χ2n) is 4.87. The zero-order valence-corrected chi connectivity index (χ0v) is 10.4. The zero-order chi connectivity index (χ0) is 11.2. The molecule has 0 aliphatic heterocycles. The molecule has 0 unspecified atom stereocenters. The first-order valence-electron chi connectivity index (χ1n) is 6.65. The Balaban J connectivity index is 1.77. The van der Waals surface area contributed by atoms with Crippen LogP contribution in [-0.2, 0) is 19.3 Å². The molecule has 1 aliphatic rings. The van der Waals surface area contributed by atoms with Crippen molar-refractivity contribution in [2.24, 2.45) is 0 Å². The minimum atomic E-state index is 1.16. The Morgan fingerprint density at radius 2 is 1.94 bits per heavy atom. The largest absolute Gasteiger partial charge is 0.320 e. The second kappa shape index (κ2) is 6.05. The van der Waals surface area contributed by atoms with Crippen LogP contribution in [0.4, 0.5) is 0 Å². The fraction of sp³-hybridized carbons (Fsp3) is 0.600. The highest BCUT2D eigenvalue weighted by atomic mass is 14.8. The van der Waals surface area contributed by atoms with Gasteiger partial charge in [-0.2, -0.15) is 0 Å². The summed E-state index contributed by atoms with van der Waals surface area (Å²) >= 11 is 0. The molecule has 2 rings (SSSR count). The van der Waals surface area contributed by atoms with Crippen LogP contribution in [0.1, 0.15) is 42.4 Å². The first kappa shape index (κ1) is 11.7. The lowest BCUT2D eigenvalue weighted by Crippen LogP contribution is -2.07. The molecule has 0 radical (unpaired) electrons. The summed E-state index contributed by atoms with van der Waals surface area (Å²) in [7, 11) is 2.03. The average Bonchev–Trinajstić information content (AvgIpc) is 2.76. The van der Waals surface area contributed by atoms with E-state index in [1.165, 1.54) is 44.9 Å². The third-order valence-corrected chi connectivity index (χ3v) is 3.56. The van der Waals surface area contributed by atoms with Gasteiger partial charge >= 0.3 is 0 Å². The van der Waals surface area contributed by atoms with E-state index in [0.29, 0.717) is 0 Å². The Bertz CT molecular complexity index is 330. The second-order valence-corrected chi connectivity index (χ2v) is 4.87. The first-order chi connectivity index (χ1) is 7.90. The first-order valence-corrected chi connectivity index (χ1v) is 6.65. The highest BCUT2D eigenvalue weighted by Gasteiger charge is 2.10. The SMILES string of the molecule is CNCCCCCc1ccc2c(c1)CCC2. The van der Waals surface area contributed by atoms with E-state index in [1.54, 1.807) is 16.7 Å². The molecule has 1 N–H and O–H groups in total. The number of unbranched alkanes of at least 4 members (excludes halogenated alkanes) is 2. The lowest BCUT2D eigenvalue weighted by atomic mass is 10.0. The predicted molar refractivity (Wildman–Crippen MR) is 69.9 cm³/mol. The fourth-order valence-electron chi connectivity index (χ4n) is 2.59. The van der Waals surface area contributed by atoms with E-state index < -0.39 is 0 Å². The maximum atomic E-state index is 3.20. The molecular formula is C15H23N. The molecule has 1 aromatic carbocycles. The smallest absolute Gasteiger partial charge is 0.00519 e. The summed E-state index contributed by atoms with van der Waals surface area (Å²) in [6, 6.07) is 7.13. The van der Waals surface area contributed by atoms with Crippen molar-refractivity contribution in [2.75, 3.05) is 13.6 Å². The van der Waals surface area contributed by atoms with Crippen molar-refractivity contribution in [3.05, 3.63) is 34.9 Å². The Kier molecular flexibility index (Phi) is 4.41. The van der Waals surface area contributed by atoms with Gasteiger partial charge in [-0.3, -0.25) is 0 Å². The van der Waals surface area contributed by atoms with Crippen LogP contribution in [-0.4, -0.2) is 13.6 Å². The maximum Gasteiger partial charge on any atom is -0.00519 e. The minimum Gasteiger partial charge on any atom is -0.320 e. The van der Waals surface area contributed by atoms with Crippen LogP contribution in [0.15, 0.2) is 18.2 Å². The Labute approximate surface area is 99.3 Å². The van der Waals surface area contributed by atoms with E-state index in [9.17, 15) is 0 Å². The highest BCUT2D eigenvalue weighted by Crippen LogP contribution is 2.23. The van der Waals surface area contributed by atoms with Crippen LogP contribution in [0, 0.1) is 0 Å². The number of benzene rings is 1. The summed E-state index contributed by atoms with van der Waals surface area (Å²) in [5.74, 6) is 0. The van der Waals surface area contributed by atoms with E-state index in [4.69, 9.17) is 0 Å². The van der Waals surface area contributed by atoms with Gasteiger partial charge in [-0.25, -0.2) is 0 Å². The molecule has 0 aromatic heterocycles. The fourth-order valence-corrected chi connectivity index (χ4v) is 2.59. The van der Waals surface area contributed by atoms with E-state index in [1.807, 2.05) is 7.05 Å². The van der Waals surface area contributed by atoms with E-state index >= 15 is 0 Å². The van der Waals surface area contributed by atoms with Gasteiger partial charge in [0.1, 0.15) is 0 Å². The summed E-state index contributed by atoms with van der Waals surface area (Å²) in [6.45, 7) is 1.16. The van der Waals surface area contributed by atoms with E-state index in [2.05, 4.69) is 23.5 Å². The van der Waals surface area contributed by atoms with Crippen molar-refractivity contribution >= 4 is 0 Å². The molecule has 0 atom stereocenters. The maximum absolute atomic E-state index is 3.20. The topological polar surface area (TPSA) is 12.0 Å². The molecule has 1 heteroatoms. The van der Waals surface area contributed by atoms with Gasteiger partial charge in [0.05, 0.1) is 0 Å². The normalized spacial score (nSPS) is 14.1. The number of hydrogen-bond acceptors (Lipinski definition) is 1. The summed E-state index contributed by atoms with van der Waals surface area (Å²) in [4.78, 5) is 0. The molecule has 0 spiro atoms. The molecular weight excluding hydrogens is 194 g/mol. The summed E-state index contributed by atoms with van der Waals surface area (Å²) < 4.78 is 0. The van der Waals surface area contributed by atoms with Gasteiger partial charge in [-0.15, -0.1) is 0 Å². The summed E-state index contributed by atoms with van der Waals surface area (Å²) in [5, 5.41) is 3.20. The predicted octanol–water partition coefficient (Wildman–Crippen LogP) is 3.11. The van der Waals surface area contributed by atoms with Crippen molar-refractivity contribution in [2.45, 2.75) is 44.9 Å². The van der Waals surface area contributed by atoms with Crippen molar-refractivity contribution in [1.82, 2.24) is 5.32 Å². The molecule has 1 aliphatic carbocycles. The van der Waals surface area contributed by atoms with Crippen molar-refractivity contribution < 1.29 is 0 Å². The highest BCUT2D eigenvalue weighted by molar-refractivity contribution is 5.35. The molecule has 1 nitrogen and oxygen atoms in total. The molecule has 16 heavy (non-hydrogen) atoms. The van der Waals surface area contributed by atoms with E-state index in [-0.39, 0.29) is 0 Å². The molecule has 0 amide bonds. The van der Waals surface area contributed by atoms with Crippen LogP contribution >= 0.6 is 0 Å². The van der Waals surface area contributed by atoms with E-state index in [0.717, 1.165) is 6.54 Å². The van der Waals surface area contributed by atoms with Gasteiger partial charge in [-0.05, 0) is 68.8 Å². The number of nitrogens with one attached hydrogen (secondary N) is 1. The van der Waals surface area contributed by atoms with Crippen molar-refractivity contribution in [1.29, 1.82) is 0 Å². The van der Waals surface area contributed by atoms with Crippen LogP contribution < -0.4 is 5.32 Å². The molecule has 0 fully saturated rings. The molecule has 0 heterocycles. The average molecular weight is 217 g/mol. The third kappa shape index (κ3) is 3.08.